The number of carboxylic acid groups (broad SMARTS) is 1. The first-order chi connectivity index (χ1) is 9.90. The van der Waals surface area contributed by atoms with Gasteiger partial charge in [-0.05, 0) is 24.5 Å². The molecule has 6 nitrogen and oxygen atoms in total. The Hall–Kier alpha value is -2.37. The van der Waals surface area contributed by atoms with Crippen LogP contribution in [0.5, 0.6) is 5.75 Å². The van der Waals surface area contributed by atoms with Crippen molar-refractivity contribution >= 4 is 18.1 Å². The molecule has 0 aliphatic carbocycles. The third kappa shape index (κ3) is 6.07. The van der Waals surface area contributed by atoms with E-state index in [1.165, 1.54) is 12.3 Å². The summed E-state index contributed by atoms with van der Waals surface area (Å²) < 4.78 is 0. The molecule has 0 aromatic heterocycles. The van der Waals surface area contributed by atoms with Crippen LogP contribution < -0.4 is 5.32 Å². The number of carboxylic acids is 1. The summed E-state index contributed by atoms with van der Waals surface area (Å²) in [6.45, 7) is 3.59. The van der Waals surface area contributed by atoms with Gasteiger partial charge in [0.2, 0.25) is 5.91 Å². The number of nitrogens with zero attached hydrogens (tertiary/aromatic N) is 1. The minimum atomic E-state index is -1.05. The zero-order valence-corrected chi connectivity index (χ0v) is 12.1. The first kappa shape index (κ1) is 16.7. The lowest BCUT2D eigenvalue weighted by molar-refractivity contribution is -0.142. The zero-order chi connectivity index (χ0) is 15.8. The fourth-order valence-electron chi connectivity index (χ4n) is 1.76. The van der Waals surface area contributed by atoms with Crippen LogP contribution in [0.3, 0.4) is 0 Å². The lowest BCUT2D eigenvalue weighted by Crippen LogP contribution is -2.42. The van der Waals surface area contributed by atoms with Gasteiger partial charge in [-0.1, -0.05) is 26.0 Å². The van der Waals surface area contributed by atoms with E-state index in [9.17, 15) is 14.7 Å². The molecule has 0 saturated heterocycles. The highest BCUT2D eigenvalue weighted by atomic mass is 16.4. The van der Waals surface area contributed by atoms with Crippen LogP contribution in [0.15, 0.2) is 29.3 Å². The number of hydrogen-bond donors (Lipinski definition) is 3. The van der Waals surface area contributed by atoms with Crippen LogP contribution in [0, 0.1) is 5.92 Å². The Balaban J connectivity index is 2.53. The Labute approximate surface area is 123 Å². The van der Waals surface area contributed by atoms with Crippen molar-refractivity contribution in [2.75, 3.05) is 6.54 Å². The van der Waals surface area contributed by atoms with Crippen molar-refractivity contribution in [3.8, 4) is 5.75 Å². The molecule has 114 valence electrons. The maximum absolute atomic E-state index is 11.7. The first-order valence-corrected chi connectivity index (χ1v) is 6.70. The van der Waals surface area contributed by atoms with Crippen LogP contribution in [0.2, 0.25) is 0 Å². The normalized spacial score (nSPS) is 12.5. The van der Waals surface area contributed by atoms with E-state index in [4.69, 9.17) is 5.11 Å². The van der Waals surface area contributed by atoms with Gasteiger partial charge in [-0.2, -0.15) is 0 Å². The average Bonchev–Trinajstić information content (AvgIpc) is 2.39. The smallest absolute Gasteiger partial charge is 0.326 e. The van der Waals surface area contributed by atoms with Gasteiger partial charge in [0.1, 0.15) is 18.3 Å². The second-order valence-corrected chi connectivity index (χ2v) is 5.12. The van der Waals surface area contributed by atoms with E-state index in [1.54, 1.807) is 18.2 Å². The van der Waals surface area contributed by atoms with Crippen molar-refractivity contribution in [1.82, 2.24) is 5.32 Å². The number of hydrogen-bond acceptors (Lipinski definition) is 4. The Morgan fingerprint density at radius 1 is 1.33 bits per heavy atom. The molecular formula is C15H20N2O4. The largest absolute Gasteiger partial charge is 0.507 e. The fourth-order valence-corrected chi connectivity index (χ4v) is 1.76. The number of aliphatic imine (C=N–C) groups is 1. The molecule has 0 heterocycles. The lowest BCUT2D eigenvalue weighted by Gasteiger charge is -2.15. The number of carbonyl (C=O) groups is 2. The van der Waals surface area contributed by atoms with Crippen molar-refractivity contribution in [2.45, 2.75) is 26.3 Å². The number of amides is 1. The molecule has 0 unspecified atom stereocenters. The maximum Gasteiger partial charge on any atom is 0.326 e. The number of nitrogens with one attached hydrogen (secondary N) is 1. The third-order valence-corrected chi connectivity index (χ3v) is 2.74. The number of phenols is 1. The van der Waals surface area contributed by atoms with Crippen LogP contribution in [-0.4, -0.2) is 40.9 Å². The molecule has 1 rings (SSSR count). The maximum atomic E-state index is 11.7. The van der Waals surface area contributed by atoms with E-state index >= 15 is 0 Å². The number of phenolic OH excluding ortho intramolecular Hbond substituents is 1. The van der Waals surface area contributed by atoms with Gasteiger partial charge in [0.05, 0.1) is 0 Å². The highest BCUT2D eigenvalue weighted by Gasteiger charge is 2.20. The van der Waals surface area contributed by atoms with Crippen LogP contribution >= 0.6 is 0 Å². The fraction of sp³-hybridized carbons (Fsp3) is 0.400. The van der Waals surface area contributed by atoms with Gasteiger partial charge in [0.15, 0.2) is 0 Å². The first-order valence-electron chi connectivity index (χ1n) is 6.70. The summed E-state index contributed by atoms with van der Waals surface area (Å²) in [7, 11) is 0. The van der Waals surface area contributed by atoms with Crippen LogP contribution in [0.25, 0.3) is 0 Å². The number of para-hydroxylation sites is 1. The van der Waals surface area contributed by atoms with E-state index in [1.807, 2.05) is 13.8 Å². The molecule has 6 heteroatoms. The summed E-state index contributed by atoms with van der Waals surface area (Å²) in [5.41, 5.74) is 0.502. The molecule has 0 aliphatic rings. The van der Waals surface area contributed by atoms with E-state index in [2.05, 4.69) is 10.3 Å². The molecule has 3 N–H and O–H groups in total. The van der Waals surface area contributed by atoms with Crippen molar-refractivity contribution in [1.29, 1.82) is 0 Å². The molecule has 0 saturated carbocycles. The molecule has 1 atom stereocenters. The van der Waals surface area contributed by atoms with Crippen molar-refractivity contribution in [2.24, 2.45) is 10.9 Å². The number of aromatic hydroxyl groups is 1. The molecular weight excluding hydrogens is 272 g/mol. The average molecular weight is 292 g/mol. The van der Waals surface area contributed by atoms with Gasteiger partial charge in [0.25, 0.3) is 0 Å². The summed E-state index contributed by atoms with van der Waals surface area (Å²) in [5, 5.41) is 21.0. The van der Waals surface area contributed by atoms with Crippen LogP contribution in [0.4, 0.5) is 0 Å². The Morgan fingerprint density at radius 3 is 2.57 bits per heavy atom. The van der Waals surface area contributed by atoms with E-state index in [0.717, 1.165) is 0 Å². The van der Waals surface area contributed by atoms with E-state index in [-0.39, 0.29) is 18.2 Å². The number of aliphatic carboxylic acids is 1. The monoisotopic (exact) mass is 292 g/mol. The van der Waals surface area contributed by atoms with E-state index < -0.39 is 17.9 Å². The minimum Gasteiger partial charge on any atom is -0.507 e. The lowest BCUT2D eigenvalue weighted by atomic mass is 10.0. The number of benzene rings is 1. The van der Waals surface area contributed by atoms with Crippen LogP contribution in [0.1, 0.15) is 25.8 Å². The zero-order valence-electron chi connectivity index (χ0n) is 12.1. The highest BCUT2D eigenvalue weighted by molar-refractivity contribution is 5.88. The summed E-state index contributed by atoms with van der Waals surface area (Å²) >= 11 is 0. The molecule has 0 spiro atoms. The SMILES string of the molecule is CC(C)C[C@H](NC(=O)CN=Cc1ccccc1O)C(=O)O. The predicted octanol–water partition coefficient (Wildman–Crippen LogP) is 1.43. The molecule has 0 fully saturated rings. The summed E-state index contributed by atoms with van der Waals surface area (Å²) in [6.07, 6.45) is 1.75. The molecule has 1 aromatic rings. The minimum absolute atomic E-state index is 0.0740. The Kier molecular flexibility index (Phi) is 6.39. The Bertz CT molecular complexity index is 526. The van der Waals surface area contributed by atoms with E-state index in [0.29, 0.717) is 12.0 Å². The van der Waals surface area contributed by atoms with Gasteiger partial charge >= 0.3 is 5.97 Å². The molecule has 0 aliphatic heterocycles. The van der Waals surface area contributed by atoms with Crippen molar-refractivity contribution < 1.29 is 19.8 Å². The highest BCUT2D eigenvalue weighted by Crippen LogP contribution is 2.12. The summed E-state index contributed by atoms with van der Waals surface area (Å²) in [5.74, 6) is -1.28. The molecule has 21 heavy (non-hydrogen) atoms. The van der Waals surface area contributed by atoms with Gasteiger partial charge in [-0.15, -0.1) is 0 Å². The molecule has 0 bridgehead atoms. The number of rotatable bonds is 7. The van der Waals surface area contributed by atoms with Gasteiger partial charge in [-0.3, -0.25) is 9.79 Å². The molecule has 0 radical (unpaired) electrons. The topological polar surface area (TPSA) is 99.0 Å². The van der Waals surface area contributed by atoms with Crippen molar-refractivity contribution in [3.05, 3.63) is 29.8 Å². The quantitative estimate of drug-likeness (QED) is 0.662. The Morgan fingerprint density at radius 2 is 2.00 bits per heavy atom. The van der Waals surface area contributed by atoms with Crippen LogP contribution in [-0.2, 0) is 9.59 Å². The molecule has 1 amide bonds. The second-order valence-electron chi connectivity index (χ2n) is 5.12. The van der Waals surface area contributed by atoms with Gasteiger partial charge in [-0.25, -0.2) is 4.79 Å². The predicted molar refractivity (Wildman–Crippen MR) is 79.6 cm³/mol. The summed E-state index contributed by atoms with van der Waals surface area (Å²) in [4.78, 5) is 26.6. The number of carbonyl (C=O) groups excluding carboxylic acids is 1. The van der Waals surface area contributed by atoms with Crippen molar-refractivity contribution in [3.63, 3.8) is 0 Å². The standard InChI is InChI=1S/C15H20N2O4/c1-10(2)7-12(15(20)21)17-14(19)9-16-8-11-5-3-4-6-13(11)18/h3-6,8,10,12,18H,7,9H2,1-2H3,(H,17,19)(H,20,21)/t12-/m0/s1. The second kappa shape index (κ2) is 8.04. The van der Waals surface area contributed by atoms with Gasteiger partial charge in [0, 0.05) is 11.8 Å². The van der Waals surface area contributed by atoms with Gasteiger partial charge < -0.3 is 15.5 Å². The summed E-state index contributed by atoms with van der Waals surface area (Å²) in [6, 6.07) is 5.70. The third-order valence-electron chi connectivity index (χ3n) is 2.74. The molecule has 1 aromatic carbocycles.